The standard InChI is InChI=1S/C24H24ClN5O8S/c1-37-18-5-3-14(25)12-20(18)39(35,36)30-16(23(33)34)11-13-2-4-17-15(10-13)28-22(32)19(38-17)6-7-21(31)29-24-26-8-9-27-24/h2-5,8-10,12,16,19,30H,6-7,11H2,1H3,(H,28,32)(H,33,34)(H2,26,27,29,31)/t16-,19+/m0/s1. The molecule has 1 aromatic heterocycles. The first-order valence-corrected chi connectivity index (χ1v) is 13.4. The Morgan fingerprint density at radius 3 is 2.74 bits per heavy atom. The SMILES string of the molecule is COc1ccc(Cl)cc1S(=O)(=O)N[C@@H](Cc1ccc2c(c1)NC(=O)[C@@H](CCC(=O)Nc1ncc[nH]1)O2)C(=O)O. The highest BCUT2D eigenvalue weighted by Crippen LogP contribution is 2.32. The predicted octanol–water partition coefficient (Wildman–Crippen LogP) is 2.16. The molecule has 2 heterocycles. The number of fused-ring (bicyclic) bond motifs is 1. The number of amides is 2. The lowest BCUT2D eigenvalue weighted by Gasteiger charge is -2.26. The summed E-state index contributed by atoms with van der Waals surface area (Å²) in [4.78, 5) is 42.9. The molecule has 13 nitrogen and oxygen atoms in total. The quantitative estimate of drug-likeness (QED) is 0.227. The molecule has 0 aliphatic carbocycles. The van der Waals surface area contributed by atoms with Gasteiger partial charge < -0.3 is 24.9 Å². The van der Waals surface area contributed by atoms with Gasteiger partial charge in [0.1, 0.15) is 22.4 Å². The van der Waals surface area contributed by atoms with Crippen molar-refractivity contribution in [2.24, 2.45) is 0 Å². The number of hydrogen-bond donors (Lipinski definition) is 5. The van der Waals surface area contributed by atoms with Crippen LogP contribution in [-0.4, -0.2) is 60.5 Å². The van der Waals surface area contributed by atoms with Crippen LogP contribution in [0.4, 0.5) is 11.6 Å². The second kappa shape index (κ2) is 11.7. The maximum Gasteiger partial charge on any atom is 0.322 e. The Labute approximate surface area is 227 Å². The fourth-order valence-electron chi connectivity index (χ4n) is 3.83. The third-order valence-electron chi connectivity index (χ3n) is 5.70. The van der Waals surface area contributed by atoms with Gasteiger partial charge in [0.2, 0.25) is 21.9 Å². The second-order valence-corrected chi connectivity index (χ2v) is 10.6. The monoisotopic (exact) mass is 577 g/mol. The van der Waals surface area contributed by atoms with Gasteiger partial charge in [0, 0.05) is 30.3 Å². The highest BCUT2D eigenvalue weighted by Gasteiger charge is 2.31. The number of aromatic nitrogens is 2. The molecule has 206 valence electrons. The maximum atomic E-state index is 13.0. The van der Waals surface area contributed by atoms with E-state index in [1.165, 1.54) is 37.6 Å². The summed E-state index contributed by atoms with van der Waals surface area (Å²) in [6.45, 7) is 0. The minimum Gasteiger partial charge on any atom is -0.495 e. The summed E-state index contributed by atoms with van der Waals surface area (Å²) in [6.07, 6.45) is 2.00. The topological polar surface area (TPSA) is 189 Å². The van der Waals surface area contributed by atoms with Crippen molar-refractivity contribution in [1.29, 1.82) is 0 Å². The molecule has 5 N–H and O–H groups in total. The summed E-state index contributed by atoms with van der Waals surface area (Å²) in [5, 5.41) is 15.1. The number of nitrogens with zero attached hydrogens (tertiary/aromatic N) is 1. The molecule has 2 aromatic carbocycles. The smallest absolute Gasteiger partial charge is 0.322 e. The fraction of sp³-hybridized carbons (Fsp3) is 0.250. The fourth-order valence-corrected chi connectivity index (χ4v) is 5.45. The van der Waals surface area contributed by atoms with Crippen LogP contribution in [0.1, 0.15) is 18.4 Å². The predicted molar refractivity (Wildman–Crippen MR) is 139 cm³/mol. The molecule has 0 fully saturated rings. The van der Waals surface area contributed by atoms with Gasteiger partial charge in [-0.05, 0) is 42.3 Å². The third-order valence-corrected chi connectivity index (χ3v) is 7.43. The number of aliphatic carboxylic acids is 1. The van der Waals surface area contributed by atoms with E-state index in [-0.39, 0.29) is 46.5 Å². The van der Waals surface area contributed by atoms with Crippen molar-refractivity contribution in [1.82, 2.24) is 14.7 Å². The van der Waals surface area contributed by atoms with E-state index in [1.807, 2.05) is 0 Å². The van der Waals surface area contributed by atoms with E-state index in [0.29, 0.717) is 17.3 Å². The molecule has 0 bridgehead atoms. The summed E-state index contributed by atoms with van der Waals surface area (Å²) in [5.41, 5.74) is 0.708. The zero-order valence-corrected chi connectivity index (χ0v) is 22.0. The first-order valence-electron chi connectivity index (χ1n) is 11.5. The van der Waals surface area contributed by atoms with E-state index in [1.54, 1.807) is 12.3 Å². The van der Waals surface area contributed by atoms with Crippen LogP contribution in [0.3, 0.4) is 0 Å². The van der Waals surface area contributed by atoms with Gasteiger partial charge in [-0.15, -0.1) is 0 Å². The number of carboxylic acid groups (broad SMARTS) is 1. The summed E-state index contributed by atoms with van der Waals surface area (Å²) in [6, 6.07) is 7.00. The van der Waals surface area contributed by atoms with E-state index in [4.69, 9.17) is 21.1 Å². The van der Waals surface area contributed by atoms with Crippen molar-refractivity contribution in [2.75, 3.05) is 17.7 Å². The number of carbonyl (C=O) groups is 3. The Hall–Kier alpha value is -4.14. The molecular weight excluding hydrogens is 554 g/mol. The Morgan fingerprint density at radius 1 is 1.26 bits per heavy atom. The van der Waals surface area contributed by atoms with Gasteiger partial charge in [-0.3, -0.25) is 19.7 Å². The number of ether oxygens (including phenoxy) is 2. The first kappa shape index (κ1) is 27.9. The number of imidazole rings is 1. The molecule has 0 spiro atoms. The van der Waals surface area contributed by atoms with E-state index >= 15 is 0 Å². The number of halogens is 1. The minimum atomic E-state index is -4.33. The van der Waals surface area contributed by atoms with E-state index in [9.17, 15) is 27.9 Å². The maximum absolute atomic E-state index is 13.0. The Bertz CT molecular complexity index is 1500. The second-order valence-electron chi connectivity index (χ2n) is 8.46. The highest BCUT2D eigenvalue weighted by atomic mass is 35.5. The summed E-state index contributed by atoms with van der Waals surface area (Å²) >= 11 is 5.93. The normalized spacial score (nSPS) is 15.4. The molecule has 15 heteroatoms. The number of anilines is 2. The minimum absolute atomic E-state index is 0.00215. The van der Waals surface area contributed by atoms with E-state index in [0.717, 1.165) is 6.07 Å². The Kier molecular flexibility index (Phi) is 8.38. The number of carboxylic acids is 1. The number of H-pyrrole nitrogens is 1. The molecule has 1 aliphatic heterocycles. The van der Waals surface area contributed by atoms with Crippen LogP contribution in [0.25, 0.3) is 0 Å². The van der Waals surface area contributed by atoms with E-state index in [2.05, 4.69) is 25.3 Å². The van der Waals surface area contributed by atoms with Gasteiger partial charge >= 0.3 is 5.97 Å². The lowest BCUT2D eigenvalue weighted by Crippen LogP contribution is -2.42. The molecule has 2 atom stereocenters. The number of sulfonamides is 1. The van der Waals surface area contributed by atoms with Crippen LogP contribution in [0.2, 0.25) is 5.02 Å². The van der Waals surface area contributed by atoms with Crippen molar-refractivity contribution in [3.8, 4) is 11.5 Å². The van der Waals surface area contributed by atoms with Crippen LogP contribution in [-0.2, 0) is 30.8 Å². The van der Waals surface area contributed by atoms with Crippen molar-refractivity contribution in [2.45, 2.75) is 36.3 Å². The average molecular weight is 578 g/mol. The lowest BCUT2D eigenvalue weighted by molar-refractivity contribution is -0.139. The molecule has 1 aliphatic rings. The third kappa shape index (κ3) is 6.85. The summed E-state index contributed by atoms with van der Waals surface area (Å²) in [5.74, 6) is -1.62. The number of benzene rings is 2. The average Bonchev–Trinajstić information content (AvgIpc) is 3.40. The molecular formula is C24H24ClN5O8S. The van der Waals surface area contributed by atoms with Gasteiger partial charge in [-0.2, -0.15) is 4.72 Å². The Balaban J connectivity index is 1.42. The van der Waals surface area contributed by atoms with E-state index < -0.39 is 34.0 Å². The molecule has 0 unspecified atom stereocenters. The first-order chi connectivity index (χ1) is 18.6. The number of methoxy groups -OCH3 is 1. The van der Waals surface area contributed by atoms with Gasteiger partial charge in [0.25, 0.3) is 5.91 Å². The van der Waals surface area contributed by atoms with Crippen LogP contribution >= 0.6 is 11.6 Å². The number of nitrogens with one attached hydrogen (secondary N) is 4. The van der Waals surface area contributed by atoms with Crippen molar-refractivity contribution in [3.05, 3.63) is 59.4 Å². The molecule has 39 heavy (non-hydrogen) atoms. The molecule has 0 saturated heterocycles. The number of carbonyl (C=O) groups excluding carboxylic acids is 2. The van der Waals surface area contributed by atoms with Crippen LogP contribution in [0, 0.1) is 0 Å². The van der Waals surface area contributed by atoms with Crippen LogP contribution < -0.4 is 24.8 Å². The summed E-state index contributed by atoms with van der Waals surface area (Å²) < 4.78 is 38.9. The number of rotatable bonds is 11. The van der Waals surface area contributed by atoms with Gasteiger partial charge in [-0.25, -0.2) is 13.4 Å². The molecule has 2 amide bonds. The molecule has 3 aromatic rings. The lowest BCUT2D eigenvalue weighted by atomic mass is 10.0. The van der Waals surface area contributed by atoms with Crippen molar-refractivity contribution >= 4 is 51.0 Å². The van der Waals surface area contributed by atoms with Crippen molar-refractivity contribution < 1.29 is 37.4 Å². The zero-order chi connectivity index (χ0) is 28.2. The van der Waals surface area contributed by atoms with Gasteiger partial charge in [0.15, 0.2) is 6.10 Å². The molecule has 0 radical (unpaired) electrons. The molecule has 0 saturated carbocycles. The Morgan fingerprint density at radius 2 is 2.05 bits per heavy atom. The zero-order valence-electron chi connectivity index (χ0n) is 20.4. The summed E-state index contributed by atoms with van der Waals surface area (Å²) in [7, 11) is -3.05. The number of hydrogen-bond acceptors (Lipinski definition) is 8. The highest BCUT2D eigenvalue weighted by molar-refractivity contribution is 7.89. The van der Waals surface area contributed by atoms with Crippen LogP contribution in [0.15, 0.2) is 53.7 Å². The van der Waals surface area contributed by atoms with Gasteiger partial charge in [0.05, 0.1) is 12.8 Å². The van der Waals surface area contributed by atoms with Crippen molar-refractivity contribution in [3.63, 3.8) is 0 Å². The molecule has 4 rings (SSSR count). The number of aromatic amines is 1. The largest absolute Gasteiger partial charge is 0.495 e. The van der Waals surface area contributed by atoms with Gasteiger partial charge in [-0.1, -0.05) is 17.7 Å². The van der Waals surface area contributed by atoms with Crippen LogP contribution in [0.5, 0.6) is 11.5 Å².